The van der Waals surface area contributed by atoms with Crippen LogP contribution in [0.5, 0.6) is 0 Å². The normalized spacial score (nSPS) is 11.5. The van der Waals surface area contributed by atoms with Gasteiger partial charge in [0.25, 0.3) is 5.91 Å². The molecule has 0 atom stereocenters. The Hall–Kier alpha value is -3.20. The number of ether oxygens (including phenoxy) is 1. The summed E-state index contributed by atoms with van der Waals surface area (Å²) in [5.74, 6) is -0.804. The largest absolute Gasteiger partial charge is 0.418 e. The van der Waals surface area contributed by atoms with E-state index in [4.69, 9.17) is 4.74 Å². The van der Waals surface area contributed by atoms with Crippen LogP contribution in [0, 0.1) is 6.92 Å². The Labute approximate surface area is 158 Å². The van der Waals surface area contributed by atoms with Crippen LogP contribution in [0.1, 0.15) is 27.3 Å². The zero-order valence-electron chi connectivity index (χ0n) is 15.1. The lowest BCUT2D eigenvalue weighted by Gasteiger charge is -2.13. The monoisotopic (exact) mass is 390 g/mol. The molecule has 3 aromatic rings. The second-order valence-electron chi connectivity index (χ2n) is 6.06. The maximum absolute atomic E-state index is 13.2. The summed E-state index contributed by atoms with van der Waals surface area (Å²) in [7, 11) is 1.44. The summed E-state index contributed by atoms with van der Waals surface area (Å²) < 4.78 is 46.0. The topological polar surface area (TPSA) is 69.0 Å². The molecular weight excluding hydrogens is 373 g/mol. The predicted molar refractivity (Wildman–Crippen MR) is 96.2 cm³/mol. The van der Waals surface area contributed by atoms with Crippen LogP contribution in [0.15, 0.2) is 48.5 Å². The average Bonchev–Trinajstić information content (AvgIpc) is 3.06. The first kappa shape index (κ1) is 19.6. The molecule has 1 amide bonds. The quantitative estimate of drug-likeness (QED) is 0.715. The summed E-state index contributed by atoms with van der Waals surface area (Å²) in [6, 6.07) is 12.1. The van der Waals surface area contributed by atoms with Crippen LogP contribution in [0.3, 0.4) is 0 Å². The fraction of sp³-hybridized carbons (Fsp3) is 0.211. The third-order valence-corrected chi connectivity index (χ3v) is 4.02. The number of nitrogens with one attached hydrogen (secondary N) is 1. The van der Waals surface area contributed by atoms with E-state index in [1.54, 1.807) is 12.1 Å². The lowest BCUT2D eigenvalue weighted by atomic mass is 10.1. The maximum Gasteiger partial charge on any atom is 0.418 e. The molecular formula is C19H17F3N4O2. The first-order valence-electron chi connectivity index (χ1n) is 8.29. The van der Waals surface area contributed by atoms with Gasteiger partial charge in [0, 0.05) is 7.11 Å². The number of para-hydroxylation sites is 1. The number of anilines is 1. The van der Waals surface area contributed by atoms with Crippen LogP contribution < -0.4 is 5.32 Å². The van der Waals surface area contributed by atoms with Crippen molar-refractivity contribution in [3.05, 3.63) is 71.0 Å². The average molecular weight is 390 g/mol. The molecule has 6 nitrogen and oxygen atoms in total. The van der Waals surface area contributed by atoms with Crippen molar-refractivity contribution < 1.29 is 22.7 Å². The number of nitrogens with zero attached hydrogens (tertiary/aromatic N) is 3. The number of hydrogen-bond acceptors (Lipinski definition) is 4. The summed E-state index contributed by atoms with van der Waals surface area (Å²) in [6.45, 7) is 1.93. The van der Waals surface area contributed by atoms with Gasteiger partial charge in [-0.1, -0.05) is 35.0 Å². The predicted octanol–water partition coefficient (Wildman–Crippen LogP) is 3.99. The highest BCUT2D eigenvalue weighted by Crippen LogP contribution is 2.34. The van der Waals surface area contributed by atoms with Crippen molar-refractivity contribution in [3.8, 4) is 5.69 Å². The van der Waals surface area contributed by atoms with Crippen molar-refractivity contribution in [1.29, 1.82) is 0 Å². The number of halogens is 3. The van der Waals surface area contributed by atoms with Crippen molar-refractivity contribution in [2.75, 3.05) is 12.4 Å². The van der Waals surface area contributed by atoms with Gasteiger partial charge >= 0.3 is 6.18 Å². The van der Waals surface area contributed by atoms with Crippen LogP contribution in [0.4, 0.5) is 18.9 Å². The standard InChI is InChI=1S/C19H17F3N4O2/c1-12-7-9-13(10-8-12)26-16(11-28-2)17(24-25-26)18(27)23-15-6-4-3-5-14(15)19(20,21)22/h3-10H,11H2,1-2H3,(H,23,27). The van der Waals surface area contributed by atoms with E-state index in [1.807, 2.05) is 19.1 Å². The highest BCUT2D eigenvalue weighted by atomic mass is 19.4. The highest BCUT2D eigenvalue weighted by Gasteiger charge is 2.34. The van der Waals surface area contributed by atoms with Gasteiger partial charge in [0.1, 0.15) is 5.69 Å². The number of alkyl halides is 3. The van der Waals surface area contributed by atoms with Crippen molar-refractivity contribution >= 4 is 11.6 Å². The van der Waals surface area contributed by atoms with E-state index in [2.05, 4.69) is 15.6 Å². The highest BCUT2D eigenvalue weighted by molar-refractivity contribution is 6.04. The number of hydrogen-bond donors (Lipinski definition) is 1. The van der Waals surface area contributed by atoms with E-state index in [0.717, 1.165) is 11.6 Å². The summed E-state index contributed by atoms with van der Waals surface area (Å²) in [5.41, 5.74) is 0.613. The van der Waals surface area contributed by atoms with Crippen LogP contribution in [0.2, 0.25) is 0 Å². The Bertz CT molecular complexity index is 982. The van der Waals surface area contributed by atoms with Gasteiger partial charge < -0.3 is 10.1 Å². The molecule has 28 heavy (non-hydrogen) atoms. The van der Waals surface area contributed by atoms with Crippen LogP contribution in [-0.4, -0.2) is 28.0 Å². The summed E-state index contributed by atoms with van der Waals surface area (Å²) in [5, 5.41) is 10.1. The number of amides is 1. The Morgan fingerprint density at radius 1 is 1.14 bits per heavy atom. The van der Waals surface area contributed by atoms with Gasteiger partial charge in [-0.15, -0.1) is 5.10 Å². The molecule has 0 fully saturated rings. The zero-order chi connectivity index (χ0) is 20.3. The smallest absolute Gasteiger partial charge is 0.378 e. The fourth-order valence-corrected chi connectivity index (χ4v) is 2.66. The lowest BCUT2D eigenvalue weighted by molar-refractivity contribution is -0.136. The van der Waals surface area contributed by atoms with E-state index in [1.165, 1.54) is 30.0 Å². The molecule has 146 valence electrons. The van der Waals surface area contributed by atoms with Crippen molar-refractivity contribution in [2.24, 2.45) is 0 Å². The Balaban J connectivity index is 1.96. The molecule has 0 aliphatic rings. The van der Waals surface area contributed by atoms with E-state index in [-0.39, 0.29) is 18.0 Å². The Morgan fingerprint density at radius 3 is 2.46 bits per heavy atom. The van der Waals surface area contributed by atoms with Crippen molar-refractivity contribution in [3.63, 3.8) is 0 Å². The number of aromatic nitrogens is 3. The zero-order valence-corrected chi connectivity index (χ0v) is 15.1. The number of benzene rings is 2. The minimum atomic E-state index is -4.60. The molecule has 0 radical (unpaired) electrons. The number of carbonyl (C=O) groups excluding carboxylic acids is 1. The molecule has 1 N–H and O–H groups in total. The molecule has 1 aromatic heterocycles. The van der Waals surface area contributed by atoms with Gasteiger partial charge in [-0.25, -0.2) is 4.68 Å². The summed E-state index contributed by atoms with van der Waals surface area (Å²) >= 11 is 0. The molecule has 0 bridgehead atoms. The molecule has 2 aromatic carbocycles. The van der Waals surface area contributed by atoms with Crippen molar-refractivity contribution in [2.45, 2.75) is 19.7 Å². The molecule has 0 aliphatic carbocycles. The third-order valence-electron chi connectivity index (χ3n) is 4.02. The first-order chi connectivity index (χ1) is 13.3. The second-order valence-corrected chi connectivity index (χ2v) is 6.06. The second kappa shape index (κ2) is 7.81. The summed E-state index contributed by atoms with van der Waals surface area (Å²) in [6.07, 6.45) is -4.60. The SMILES string of the molecule is COCc1c(C(=O)Nc2ccccc2C(F)(F)F)nnn1-c1ccc(C)cc1. The van der Waals surface area contributed by atoms with Crippen LogP contribution in [0.25, 0.3) is 5.69 Å². The molecule has 1 heterocycles. The van der Waals surface area contributed by atoms with Gasteiger partial charge in [0.2, 0.25) is 0 Å². The first-order valence-corrected chi connectivity index (χ1v) is 8.29. The molecule has 3 rings (SSSR count). The summed E-state index contributed by atoms with van der Waals surface area (Å²) in [4.78, 5) is 12.6. The Morgan fingerprint density at radius 2 is 1.82 bits per heavy atom. The molecule has 0 aliphatic heterocycles. The van der Waals surface area contributed by atoms with Gasteiger partial charge in [-0.05, 0) is 31.2 Å². The van der Waals surface area contributed by atoms with Gasteiger partial charge in [-0.3, -0.25) is 4.79 Å². The number of aryl methyl sites for hydroxylation is 1. The molecule has 0 saturated carbocycles. The minimum absolute atomic E-state index is 0.00451. The van der Waals surface area contributed by atoms with E-state index >= 15 is 0 Å². The van der Waals surface area contributed by atoms with E-state index in [0.29, 0.717) is 11.4 Å². The number of methoxy groups -OCH3 is 1. The van der Waals surface area contributed by atoms with Crippen LogP contribution >= 0.6 is 0 Å². The van der Waals surface area contributed by atoms with Crippen LogP contribution in [-0.2, 0) is 17.5 Å². The van der Waals surface area contributed by atoms with E-state index in [9.17, 15) is 18.0 Å². The van der Waals surface area contributed by atoms with Gasteiger partial charge in [0.15, 0.2) is 5.69 Å². The Kier molecular flexibility index (Phi) is 5.46. The number of rotatable bonds is 5. The fourth-order valence-electron chi connectivity index (χ4n) is 2.66. The minimum Gasteiger partial charge on any atom is -0.378 e. The van der Waals surface area contributed by atoms with Gasteiger partial charge in [0.05, 0.1) is 23.5 Å². The number of carbonyl (C=O) groups is 1. The van der Waals surface area contributed by atoms with E-state index < -0.39 is 17.6 Å². The molecule has 9 heteroatoms. The van der Waals surface area contributed by atoms with Crippen molar-refractivity contribution in [1.82, 2.24) is 15.0 Å². The molecule has 0 unspecified atom stereocenters. The third kappa shape index (κ3) is 4.04. The molecule has 0 saturated heterocycles. The maximum atomic E-state index is 13.2. The lowest BCUT2D eigenvalue weighted by Crippen LogP contribution is -2.19. The van der Waals surface area contributed by atoms with Gasteiger partial charge in [-0.2, -0.15) is 13.2 Å². The molecule has 0 spiro atoms.